The molecule has 2 rings (SSSR count). The number of hydrogen-bond donors (Lipinski definition) is 0. The molecule has 0 spiro atoms. The molecule has 0 radical (unpaired) electrons. The fourth-order valence-electron chi connectivity index (χ4n) is 2.84. The number of aromatic nitrogens is 1. The van der Waals surface area contributed by atoms with E-state index < -0.39 is 23.7 Å². The molecule has 1 aromatic heterocycles. The number of carbonyl (C=O) groups is 1. The minimum atomic E-state index is -4.53. The molecule has 7 heteroatoms. The van der Waals surface area contributed by atoms with Gasteiger partial charge in [-0.15, -0.1) is 0 Å². The average molecular weight is 378 g/mol. The number of hydrogen-bond acceptors (Lipinski definition) is 3. The van der Waals surface area contributed by atoms with Crippen molar-refractivity contribution in [1.29, 1.82) is 0 Å². The van der Waals surface area contributed by atoms with Gasteiger partial charge in [0.05, 0.1) is 17.9 Å². The van der Waals surface area contributed by atoms with Crippen molar-refractivity contribution in [3.8, 4) is 5.75 Å². The van der Waals surface area contributed by atoms with Crippen LogP contribution in [0.3, 0.4) is 0 Å². The fraction of sp³-hybridized carbons (Fsp3) is 0.300. The topological polar surface area (TPSA) is 42.4 Å². The monoisotopic (exact) mass is 378 g/mol. The first-order chi connectivity index (χ1) is 12.7. The second kappa shape index (κ2) is 8.70. The summed E-state index contributed by atoms with van der Waals surface area (Å²) in [4.78, 5) is 17.6. The lowest BCUT2D eigenvalue weighted by molar-refractivity contribution is -0.140. The Morgan fingerprint density at radius 1 is 1.19 bits per heavy atom. The summed E-state index contributed by atoms with van der Waals surface area (Å²) in [6.07, 6.45) is 0.146. The normalized spacial score (nSPS) is 13.0. The summed E-state index contributed by atoms with van der Waals surface area (Å²) < 4.78 is 45.4. The van der Waals surface area contributed by atoms with Crippen LogP contribution in [0, 0.1) is 5.92 Å². The first-order valence-electron chi connectivity index (χ1n) is 8.38. The zero-order chi connectivity index (χ0) is 20.0. The predicted octanol–water partition coefficient (Wildman–Crippen LogP) is 4.85. The van der Waals surface area contributed by atoms with E-state index in [1.165, 1.54) is 30.5 Å². The summed E-state index contributed by atoms with van der Waals surface area (Å²) in [6, 6.07) is 8.98. The minimum absolute atomic E-state index is 0.0340. The SMILES string of the molecule is CC(C)C(c1cnccc1C(F)(F)F)N(C)C(=O)/C=C/Oc1ccccc1. The largest absolute Gasteiger partial charge is 0.465 e. The molecule has 0 N–H and O–H groups in total. The highest BCUT2D eigenvalue weighted by molar-refractivity contribution is 5.87. The Balaban J connectivity index is 2.23. The molecule has 0 aliphatic carbocycles. The van der Waals surface area contributed by atoms with E-state index in [-0.39, 0.29) is 11.5 Å². The van der Waals surface area contributed by atoms with E-state index in [2.05, 4.69) is 4.98 Å². The lowest BCUT2D eigenvalue weighted by Crippen LogP contribution is -2.34. The number of likely N-dealkylation sites (N-methyl/N-ethyl adjacent to an activating group) is 1. The Morgan fingerprint density at radius 2 is 1.85 bits per heavy atom. The van der Waals surface area contributed by atoms with Crippen LogP contribution >= 0.6 is 0 Å². The van der Waals surface area contributed by atoms with Gasteiger partial charge in [0, 0.05) is 31.1 Å². The fourth-order valence-corrected chi connectivity index (χ4v) is 2.84. The molecule has 4 nitrogen and oxygen atoms in total. The molecule has 1 aromatic carbocycles. The summed E-state index contributed by atoms with van der Waals surface area (Å²) in [5.41, 5.74) is -0.825. The van der Waals surface area contributed by atoms with Gasteiger partial charge in [-0.25, -0.2) is 0 Å². The van der Waals surface area contributed by atoms with E-state index >= 15 is 0 Å². The van der Waals surface area contributed by atoms with Crippen LogP contribution in [-0.2, 0) is 11.0 Å². The van der Waals surface area contributed by atoms with Crippen molar-refractivity contribution in [2.45, 2.75) is 26.1 Å². The zero-order valence-corrected chi connectivity index (χ0v) is 15.3. The van der Waals surface area contributed by atoms with Crippen molar-refractivity contribution in [3.63, 3.8) is 0 Å². The molecule has 0 aliphatic heterocycles. The van der Waals surface area contributed by atoms with Gasteiger partial charge in [0.25, 0.3) is 0 Å². The van der Waals surface area contributed by atoms with Crippen LogP contribution in [0.5, 0.6) is 5.75 Å². The highest BCUT2D eigenvalue weighted by Gasteiger charge is 2.37. The standard InChI is InChI=1S/C20H21F3N2O2/c1-14(2)19(16-13-24-11-9-17(16)20(21,22)23)25(3)18(26)10-12-27-15-7-5-4-6-8-15/h4-14,19H,1-3H3/b12-10+. The van der Waals surface area contributed by atoms with Crippen molar-refractivity contribution in [1.82, 2.24) is 9.88 Å². The Labute approximate surface area is 156 Å². The van der Waals surface area contributed by atoms with Crippen LogP contribution in [0.25, 0.3) is 0 Å². The molecule has 1 amide bonds. The minimum Gasteiger partial charge on any atom is -0.465 e. The molecular formula is C20H21F3N2O2. The van der Waals surface area contributed by atoms with Crippen LogP contribution in [0.1, 0.15) is 31.0 Å². The van der Waals surface area contributed by atoms with E-state index in [0.717, 1.165) is 12.3 Å². The van der Waals surface area contributed by atoms with E-state index in [4.69, 9.17) is 4.74 Å². The number of ether oxygens (including phenoxy) is 1. The number of nitrogens with zero attached hydrogens (tertiary/aromatic N) is 2. The average Bonchev–Trinajstić information content (AvgIpc) is 2.62. The maximum absolute atomic E-state index is 13.4. The molecule has 0 fully saturated rings. The van der Waals surface area contributed by atoms with Crippen molar-refractivity contribution in [2.75, 3.05) is 7.05 Å². The molecule has 0 saturated carbocycles. The van der Waals surface area contributed by atoms with Gasteiger partial charge in [-0.3, -0.25) is 9.78 Å². The Morgan fingerprint density at radius 3 is 2.44 bits per heavy atom. The molecule has 0 bridgehead atoms. The smallest absolute Gasteiger partial charge is 0.416 e. The maximum atomic E-state index is 13.4. The van der Waals surface area contributed by atoms with Crippen molar-refractivity contribution < 1.29 is 22.7 Å². The van der Waals surface area contributed by atoms with Gasteiger partial charge in [0.15, 0.2) is 0 Å². The highest BCUT2D eigenvalue weighted by Crippen LogP contribution is 2.38. The molecular weight excluding hydrogens is 357 g/mol. The van der Waals surface area contributed by atoms with Crippen molar-refractivity contribution in [2.24, 2.45) is 5.92 Å². The summed E-state index contributed by atoms with van der Waals surface area (Å²) in [5, 5.41) is 0. The number of para-hydroxylation sites is 1. The molecule has 27 heavy (non-hydrogen) atoms. The van der Waals surface area contributed by atoms with Gasteiger partial charge in [-0.1, -0.05) is 32.0 Å². The molecule has 1 unspecified atom stereocenters. The van der Waals surface area contributed by atoms with Crippen LogP contribution in [0.4, 0.5) is 13.2 Å². The second-order valence-electron chi connectivity index (χ2n) is 6.33. The maximum Gasteiger partial charge on any atom is 0.416 e. The van der Waals surface area contributed by atoms with Gasteiger partial charge in [0.2, 0.25) is 5.91 Å². The number of pyridine rings is 1. The summed E-state index contributed by atoms with van der Waals surface area (Å²) in [5.74, 6) is -0.175. The summed E-state index contributed by atoms with van der Waals surface area (Å²) in [7, 11) is 1.47. The Hall–Kier alpha value is -2.83. The number of benzene rings is 1. The van der Waals surface area contributed by atoms with Gasteiger partial charge < -0.3 is 9.64 Å². The molecule has 2 aromatic rings. The first-order valence-corrected chi connectivity index (χ1v) is 8.38. The molecule has 1 heterocycles. The van der Waals surface area contributed by atoms with Gasteiger partial charge >= 0.3 is 6.18 Å². The quantitative estimate of drug-likeness (QED) is 0.533. The number of alkyl halides is 3. The van der Waals surface area contributed by atoms with Crippen LogP contribution < -0.4 is 4.74 Å². The third-order valence-corrected chi connectivity index (χ3v) is 4.03. The predicted molar refractivity (Wildman–Crippen MR) is 95.8 cm³/mol. The first kappa shape index (κ1) is 20.5. The number of amides is 1. The second-order valence-corrected chi connectivity index (χ2v) is 6.33. The van der Waals surface area contributed by atoms with Crippen LogP contribution in [0.2, 0.25) is 0 Å². The van der Waals surface area contributed by atoms with Gasteiger partial charge in [-0.2, -0.15) is 13.2 Å². The summed E-state index contributed by atoms with van der Waals surface area (Å²) in [6.45, 7) is 3.51. The molecule has 144 valence electrons. The Bertz CT molecular complexity index is 789. The third kappa shape index (κ3) is 5.32. The lowest BCUT2D eigenvalue weighted by Gasteiger charge is -2.32. The Kier molecular flexibility index (Phi) is 6.60. The van der Waals surface area contributed by atoms with E-state index in [1.54, 1.807) is 38.1 Å². The molecule has 1 atom stereocenters. The van der Waals surface area contributed by atoms with E-state index in [0.29, 0.717) is 5.75 Å². The summed E-state index contributed by atoms with van der Waals surface area (Å²) >= 11 is 0. The van der Waals surface area contributed by atoms with Crippen molar-refractivity contribution in [3.05, 3.63) is 72.3 Å². The number of carbonyl (C=O) groups excluding carboxylic acids is 1. The van der Waals surface area contributed by atoms with Gasteiger partial charge in [0.1, 0.15) is 5.75 Å². The molecule has 0 saturated heterocycles. The number of halogens is 3. The van der Waals surface area contributed by atoms with E-state index in [9.17, 15) is 18.0 Å². The highest BCUT2D eigenvalue weighted by atomic mass is 19.4. The molecule has 0 aliphatic rings. The van der Waals surface area contributed by atoms with Crippen LogP contribution in [0.15, 0.2) is 61.1 Å². The van der Waals surface area contributed by atoms with Crippen LogP contribution in [-0.4, -0.2) is 22.8 Å². The lowest BCUT2D eigenvalue weighted by atomic mass is 9.92. The van der Waals surface area contributed by atoms with E-state index in [1.807, 2.05) is 6.07 Å². The third-order valence-electron chi connectivity index (χ3n) is 4.03. The number of rotatable bonds is 6. The van der Waals surface area contributed by atoms with Gasteiger partial charge in [-0.05, 0) is 24.1 Å². The van der Waals surface area contributed by atoms with Crippen molar-refractivity contribution >= 4 is 5.91 Å². The zero-order valence-electron chi connectivity index (χ0n) is 15.3.